The maximum absolute atomic E-state index is 11.8. The Bertz CT molecular complexity index is 337. The molecule has 0 bridgehead atoms. The summed E-state index contributed by atoms with van der Waals surface area (Å²) in [6.07, 6.45) is 3.45. The third kappa shape index (κ3) is 3.87. The quantitative estimate of drug-likeness (QED) is 0.756. The summed E-state index contributed by atoms with van der Waals surface area (Å²) in [5, 5.41) is 0. The minimum atomic E-state index is -3.04. The molecule has 0 aromatic rings. The van der Waals surface area contributed by atoms with E-state index in [-0.39, 0.29) is 35.7 Å². The van der Waals surface area contributed by atoms with Gasteiger partial charge in [-0.05, 0) is 19.3 Å². The smallest absolute Gasteiger partial charge is 0.150 e. The van der Waals surface area contributed by atoms with Crippen molar-refractivity contribution < 1.29 is 13.2 Å². The van der Waals surface area contributed by atoms with Crippen LogP contribution in [0, 0.1) is 5.92 Å². The Kier molecular flexibility index (Phi) is 4.92. The standard InChI is InChI=1S/C11H21NO3S/c1-2-7-16(14,15)8-6-11(13)9-4-3-5-10(9)12/h9-10H,2-8,12H2,1H3. The molecule has 0 saturated heterocycles. The lowest BCUT2D eigenvalue weighted by Gasteiger charge is -2.13. The summed E-state index contributed by atoms with van der Waals surface area (Å²) in [6.45, 7) is 1.83. The molecule has 1 fully saturated rings. The van der Waals surface area contributed by atoms with Crippen LogP contribution in [0.4, 0.5) is 0 Å². The summed E-state index contributed by atoms with van der Waals surface area (Å²) in [5.41, 5.74) is 5.81. The molecule has 1 aliphatic rings. The highest BCUT2D eigenvalue weighted by Gasteiger charge is 2.30. The first-order valence-corrected chi connectivity index (χ1v) is 7.77. The molecule has 1 saturated carbocycles. The van der Waals surface area contributed by atoms with Gasteiger partial charge in [0, 0.05) is 24.1 Å². The predicted octanol–water partition coefficient (Wildman–Crippen LogP) is 0.898. The zero-order chi connectivity index (χ0) is 12.2. The van der Waals surface area contributed by atoms with E-state index >= 15 is 0 Å². The van der Waals surface area contributed by atoms with Gasteiger partial charge < -0.3 is 5.73 Å². The number of Topliss-reactive ketones (excluding diaryl/α,β-unsaturated/α-hetero) is 1. The van der Waals surface area contributed by atoms with Gasteiger partial charge in [0.05, 0.1) is 5.75 Å². The van der Waals surface area contributed by atoms with Crippen molar-refractivity contribution in [3.8, 4) is 0 Å². The zero-order valence-corrected chi connectivity index (χ0v) is 10.6. The van der Waals surface area contributed by atoms with Gasteiger partial charge >= 0.3 is 0 Å². The summed E-state index contributed by atoms with van der Waals surface area (Å²) in [6, 6.07) is -0.0543. The van der Waals surface area contributed by atoms with Crippen LogP contribution in [0.25, 0.3) is 0 Å². The van der Waals surface area contributed by atoms with E-state index in [0.717, 1.165) is 19.3 Å². The number of carbonyl (C=O) groups excluding carboxylic acids is 1. The second-order valence-electron chi connectivity index (χ2n) is 4.57. The highest BCUT2D eigenvalue weighted by molar-refractivity contribution is 7.91. The van der Waals surface area contributed by atoms with Gasteiger partial charge in [0.1, 0.15) is 5.78 Å². The van der Waals surface area contributed by atoms with Crippen LogP contribution in [0.2, 0.25) is 0 Å². The molecule has 5 heteroatoms. The molecular formula is C11H21NO3S. The number of hydrogen-bond donors (Lipinski definition) is 1. The van der Waals surface area contributed by atoms with Gasteiger partial charge in [-0.3, -0.25) is 4.79 Å². The molecule has 0 aromatic carbocycles. The van der Waals surface area contributed by atoms with E-state index in [2.05, 4.69) is 0 Å². The van der Waals surface area contributed by atoms with Crippen LogP contribution in [-0.2, 0) is 14.6 Å². The zero-order valence-electron chi connectivity index (χ0n) is 9.81. The highest BCUT2D eigenvalue weighted by Crippen LogP contribution is 2.25. The topological polar surface area (TPSA) is 77.2 Å². The highest BCUT2D eigenvalue weighted by atomic mass is 32.2. The second kappa shape index (κ2) is 5.77. The van der Waals surface area contributed by atoms with Crippen molar-refractivity contribution in [1.82, 2.24) is 0 Å². The van der Waals surface area contributed by atoms with E-state index in [1.165, 1.54) is 0 Å². The minimum absolute atomic E-state index is 0.0110. The van der Waals surface area contributed by atoms with Crippen LogP contribution >= 0.6 is 0 Å². The maximum Gasteiger partial charge on any atom is 0.150 e. The van der Waals surface area contributed by atoms with Crippen molar-refractivity contribution in [3.05, 3.63) is 0 Å². The van der Waals surface area contributed by atoms with Crippen LogP contribution in [-0.4, -0.2) is 31.7 Å². The number of rotatable bonds is 6. The first kappa shape index (κ1) is 13.6. The number of sulfone groups is 1. The fourth-order valence-electron chi connectivity index (χ4n) is 2.24. The van der Waals surface area contributed by atoms with Gasteiger partial charge in [-0.25, -0.2) is 8.42 Å². The summed E-state index contributed by atoms with van der Waals surface area (Å²) >= 11 is 0. The normalized spacial score (nSPS) is 25.9. The average Bonchev–Trinajstić information content (AvgIpc) is 2.61. The number of nitrogens with two attached hydrogens (primary N) is 1. The van der Waals surface area contributed by atoms with Crippen molar-refractivity contribution >= 4 is 15.6 Å². The van der Waals surface area contributed by atoms with Crippen LogP contribution in [0.5, 0.6) is 0 Å². The molecule has 0 aromatic heterocycles. The Morgan fingerprint density at radius 3 is 2.50 bits per heavy atom. The second-order valence-corrected chi connectivity index (χ2v) is 6.87. The fourth-order valence-corrected chi connectivity index (χ4v) is 3.58. The minimum Gasteiger partial charge on any atom is -0.327 e. The first-order valence-electron chi connectivity index (χ1n) is 5.95. The Balaban J connectivity index is 2.41. The Morgan fingerprint density at radius 2 is 2.00 bits per heavy atom. The molecule has 16 heavy (non-hydrogen) atoms. The Hall–Kier alpha value is -0.420. The van der Waals surface area contributed by atoms with Crippen molar-refractivity contribution in [3.63, 3.8) is 0 Å². The van der Waals surface area contributed by atoms with Crippen molar-refractivity contribution in [2.45, 2.75) is 45.1 Å². The fraction of sp³-hybridized carbons (Fsp3) is 0.909. The molecule has 0 amide bonds. The van der Waals surface area contributed by atoms with Crippen LogP contribution in [0.3, 0.4) is 0 Å². The SMILES string of the molecule is CCCS(=O)(=O)CCC(=O)C1CCCC1N. The summed E-state index contributed by atoms with van der Waals surface area (Å²) in [5.74, 6) is 0.0985. The van der Waals surface area contributed by atoms with Gasteiger partial charge in [-0.2, -0.15) is 0 Å². The number of ketones is 1. The van der Waals surface area contributed by atoms with Gasteiger partial charge in [0.2, 0.25) is 0 Å². The number of carbonyl (C=O) groups is 1. The predicted molar refractivity (Wildman–Crippen MR) is 63.9 cm³/mol. The van der Waals surface area contributed by atoms with Crippen molar-refractivity contribution in [2.75, 3.05) is 11.5 Å². The van der Waals surface area contributed by atoms with E-state index < -0.39 is 9.84 Å². The lowest BCUT2D eigenvalue weighted by molar-refractivity contribution is -0.122. The Morgan fingerprint density at radius 1 is 1.31 bits per heavy atom. The third-order valence-corrected chi connectivity index (χ3v) is 5.01. The molecule has 2 N–H and O–H groups in total. The lowest BCUT2D eigenvalue weighted by Crippen LogP contribution is -2.31. The molecule has 94 valence electrons. The molecule has 4 nitrogen and oxygen atoms in total. The Labute approximate surface area is 97.5 Å². The molecule has 2 atom stereocenters. The molecule has 1 rings (SSSR count). The molecule has 1 aliphatic carbocycles. The number of hydrogen-bond acceptors (Lipinski definition) is 4. The van der Waals surface area contributed by atoms with Crippen LogP contribution in [0.1, 0.15) is 39.0 Å². The maximum atomic E-state index is 11.8. The van der Waals surface area contributed by atoms with Gasteiger partial charge in [0.15, 0.2) is 9.84 Å². The summed E-state index contributed by atoms with van der Waals surface area (Å²) in [4.78, 5) is 11.8. The summed E-state index contributed by atoms with van der Waals surface area (Å²) < 4.78 is 22.9. The molecule has 0 aliphatic heterocycles. The third-order valence-electron chi connectivity index (χ3n) is 3.16. The monoisotopic (exact) mass is 247 g/mol. The van der Waals surface area contributed by atoms with Gasteiger partial charge in [0.25, 0.3) is 0 Å². The van der Waals surface area contributed by atoms with Crippen LogP contribution in [0.15, 0.2) is 0 Å². The van der Waals surface area contributed by atoms with Crippen molar-refractivity contribution in [1.29, 1.82) is 0 Å². The van der Waals surface area contributed by atoms with Crippen molar-refractivity contribution in [2.24, 2.45) is 11.7 Å². The van der Waals surface area contributed by atoms with Gasteiger partial charge in [-0.15, -0.1) is 0 Å². The molecular weight excluding hydrogens is 226 g/mol. The summed E-state index contributed by atoms with van der Waals surface area (Å²) in [7, 11) is -3.04. The lowest BCUT2D eigenvalue weighted by atomic mass is 9.97. The van der Waals surface area contributed by atoms with Crippen LogP contribution < -0.4 is 5.73 Å². The largest absolute Gasteiger partial charge is 0.327 e. The first-order chi connectivity index (χ1) is 7.46. The molecule has 0 spiro atoms. The van der Waals surface area contributed by atoms with E-state index in [9.17, 15) is 13.2 Å². The molecule has 2 unspecified atom stereocenters. The van der Waals surface area contributed by atoms with E-state index in [1.54, 1.807) is 0 Å². The van der Waals surface area contributed by atoms with E-state index in [0.29, 0.717) is 6.42 Å². The molecule has 0 heterocycles. The average molecular weight is 247 g/mol. The van der Waals surface area contributed by atoms with E-state index in [1.807, 2.05) is 6.92 Å². The molecule has 0 radical (unpaired) electrons. The van der Waals surface area contributed by atoms with E-state index in [4.69, 9.17) is 5.73 Å². The van der Waals surface area contributed by atoms with Gasteiger partial charge in [-0.1, -0.05) is 13.3 Å².